The summed E-state index contributed by atoms with van der Waals surface area (Å²) >= 11 is 0. The Morgan fingerprint density at radius 2 is 1.87 bits per heavy atom. The van der Waals surface area contributed by atoms with Gasteiger partial charge in [0.2, 0.25) is 0 Å². The summed E-state index contributed by atoms with van der Waals surface area (Å²) in [6.45, 7) is 5.55. The molecule has 30 heavy (non-hydrogen) atoms. The van der Waals surface area contributed by atoms with Gasteiger partial charge in [0.1, 0.15) is 11.5 Å². The van der Waals surface area contributed by atoms with E-state index < -0.39 is 29.6 Å². The number of ether oxygens (including phenoxy) is 1. The van der Waals surface area contributed by atoms with Gasteiger partial charge in [0, 0.05) is 19.3 Å². The zero-order valence-corrected chi connectivity index (χ0v) is 17.5. The number of rotatable bonds is 4. The van der Waals surface area contributed by atoms with Crippen LogP contribution in [0.5, 0.6) is 0 Å². The normalized spacial score (nSPS) is 17.8. The number of hydrogen-bond donors (Lipinski definition) is 1. The van der Waals surface area contributed by atoms with Crippen molar-refractivity contribution < 1.29 is 19.4 Å². The van der Waals surface area contributed by atoms with Crippen LogP contribution in [0.2, 0.25) is 0 Å². The number of likely N-dealkylation sites (N-methyl/N-ethyl adjacent to an activating group) is 1. The van der Waals surface area contributed by atoms with Crippen molar-refractivity contribution in [3.8, 4) is 6.07 Å². The minimum Gasteiger partial charge on any atom is -0.481 e. The second-order valence-corrected chi connectivity index (χ2v) is 8.34. The molecule has 1 aliphatic heterocycles. The van der Waals surface area contributed by atoms with Crippen LogP contribution in [0.3, 0.4) is 0 Å². The summed E-state index contributed by atoms with van der Waals surface area (Å²) < 4.78 is 5.59. The standard InChI is InChI=1S/C23H25N3O4/c1-23(2,3)30-22(29)26-18-12-15(13-24)10-11-17(18)20(21(27)28)19(26)14-25(4)16-8-6-5-7-9-16/h5-12,19-20H,14H2,1-4H3,(H,27,28). The first-order valence-electron chi connectivity index (χ1n) is 9.67. The molecule has 0 spiro atoms. The summed E-state index contributed by atoms with van der Waals surface area (Å²) in [5.74, 6) is -1.97. The zero-order chi connectivity index (χ0) is 22.1. The molecule has 2 unspecified atom stereocenters. The Hall–Kier alpha value is -3.53. The predicted octanol–water partition coefficient (Wildman–Crippen LogP) is 3.99. The molecule has 0 aliphatic carbocycles. The van der Waals surface area contributed by atoms with Gasteiger partial charge >= 0.3 is 12.1 Å². The van der Waals surface area contributed by atoms with Crippen molar-refractivity contribution >= 4 is 23.4 Å². The Bertz CT molecular complexity index is 992. The van der Waals surface area contributed by atoms with Crippen molar-refractivity contribution in [3.05, 3.63) is 59.7 Å². The Labute approximate surface area is 176 Å². The number of nitrogens with zero attached hydrogens (tertiary/aromatic N) is 3. The maximum Gasteiger partial charge on any atom is 0.415 e. The highest BCUT2D eigenvalue weighted by atomic mass is 16.6. The number of carboxylic acid groups (broad SMARTS) is 1. The zero-order valence-electron chi connectivity index (χ0n) is 17.5. The first-order chi connectivity index (χ1) is 14.1. The second kappa shape index (κ2) is 8.07. The fourth-order valence-electron chi connectivity index (χ4n) is 3.72. The third kappa shape index (κ3) is 4.23. The van der Waals surface area contributed by atoms with E-state index in [0.717, 1.165) is 5.69 Å². The van der Waals surface area contributed by atoms with E-state index in [-0.39, 0.29) is 6.54 Å². The molecule has 0 radical (unpaired) electrons. The first-order valence-corrected chi connectivity index (χ1v) is 9.67. The summed E-state index contributed by atoms with van der Waals surface area (Å²) in [6, 6.07) is 15.6. The van der Waals surface area contributed by atoms with Crippen LogP contribution in [0.15, 0.2) is 48.5 Å². The molecule has 1 N–H and O–H groups in total. The average Bonchev–Trinajstić information content (AvgIpc) is 3.00. The van der Waals surface area contributed by atoms with Gasteiger partial charge in [-0.15, -0.1) is 0 Å². The quantitative estimate of drug-likeness (QED) is 0.824. The molecule has 0 saturated heterocycles. The Kier molecular flexibility index (Phi) is 5.70. The number of carbonyl (C=O) groups is 2. The van der Waals surface area contributed by atoms with Crippen LogP contribution < -0.4 is 9.80 Å². The lowest BCUT2D eigenvalue weighted by Gasteiger charge is -2.33. The smallest absolute Gasteiger partial charge is 0.415 e. The van der Waals surface area contributed by atoms with Gasteiger partial charge in [0.15, 0.2) is 0 Å². The number of nitriles is 1. The summed E-state index contributed by atoms with van der Waals surface area (Å²) in [5.41, 5.74) is 1.41. The van der Waals surface area contributed by atoms with E-state index in [4.69, 9.17) is 4.74 Å². The van der Waals surface area contributed by atoms with E-state index in [1.807, 2.05) is 42.3 Å². The molecule has 2 aromatic rings. The topological polar surface area (TPSA) is 93.9 Å². The fourth-order valence-corrected chi connectivity index (χ4v) is 3.72. The van der Waals surface area contributed by atoms with Crippen molar-refractivity contribution in [3.63, 3.8) is 0 Å². The fraction of sp³-hybridized carbons (Fsp3) is 0.348. The van der Waals surface area contributed by atoms with Crippen molar-refractivity contribution in [1.29, 1.82) is 5.26 Å². The van der Waals surface area contributed by atoms with Gasteiger partial charge in [0.25, 0.3) is 0 Å². The molecule has 7 heteroatoms. The maximum absolute atomic E-state index is 13.1. The van der Waals surface area contributed by atoms with E-state index in [9.17, 15) is 20.0 Å². The molecule has 7 nitrogen and oxygen atoms in total. The highest BCUT2D eigenvalue weighted by Crippen LogP contribution is 2.43. The molecule has 1 heterocycles. The van der Waals surface area contributed by atoms with Crippen LogP contribution in [0.4, 0.5) is 16.2 Å². The summed E-state index contributed by atoms with van der Waals surface area (Å²) in [4.78, 5) is 28.7. The Balaban J connectivity index is 2.07. The molecular formula is C23H25N3O4. The van der Waals surface area contributed by atoms with Gasteiger partial charge in [-0.05, 0) is 50.6 Å². The highest BCUT2D eigenvalue weighted by Gasteiger charge is 2.47. The number of carbonyl (C=O) groups excluding carboxylic acids is 1. The Morgan fingerprint density at radius 1 is 1.20 bits per heavy atom. The van der Waals surface area contributed by atoms with E-state index in [1.54, 1.807) is 39.0 Å². The SMILES string of the molecule is CN(CC1C(C(=O)O)c2ccc(C#N)cc2N1C(=O)OC(C)(C)C)c1ccccc1. The van der Waals surface area contributed by atoms with Crippen LogP contribution >= 0.6 is 0 Å². The van der Waals surface area contributed by atoms with Crippen molar-refractivity contribution in [2.45, 2.75) is 38.3 Å². The summed E-state index contributed by atoms with van der Waals surface area (Å²) in [6.07, 6.45) is -0.631. The van der Waals surface area contributed by atoms with Gasteiger partial charge < -0.3 is 14.7 Å². The van der Waals surface area contributed by atoms with Crippen molar-refractivity contribution in [1.82, 2.24) is 0 Å². The van der Waals surface area contributed by atoms with Crippen LogP contribution in [-0.4, -0.2) is 42.4 Å². The number of amides is 1. The third-order valence-electron chi connectivity index (χ3n) is 4.98. The summed E-state index contributed by atoms with van der Waals surface area (Å²) in [5, 5.41) is 19.3. The number of para-hydroxylation sites is 1. The molecule has 156 valence electrons. The number of fused-ring (bicyclic) bond motifs is 1. The van der Waals surface area contributed by atoms with Gasteiger partial charge in [-0.3, -0.25) is 9.69 Å². The average molecular weight is 407 g/mol. The van der Waals surface area contributed by atoms with Gasteiger partial charge in [-0.25, -0.2) is 4.79 Å². The molecular weight excluding hydrogens is 382 g/mol. The number of anilines is 2. The predicted molar refractivity (Wildman–Crippen MR) is 114 cm³/mol. The lowest BCUT2D eigenvalue weighted by Crippen LogP contribution is -2.49. The molecule has 0 fully saturated rings. The minimum atomic E-state index is -1.03. The van der Waals surface area contributed by atoms with E-state index in [1.165, 1.54) is 4.90 Å². The summed E-state index contributed by atoms with van der Waals surface area (Å²) in [7, 11) is 1.85. The highest BCUT2D eigenvalue weighted by molar-refractivity contribution is 5.97. The van der Waals surface area contributed by atoms with Crippen molar-refractivity contribution in [2.24, 2.45) is 0 Å². The van der Waals surface area contributed by atoms with E-state index >= 15 is 0 Å². The first kappa shape index (κ1) is 21.2. The number of carboxylic acids is 1. The van der Waals surface area contributed by atoms with Crippen LogP contribution in [0, 0.1) is 11.3 Å². The molecule has 1 amide bonds. The maximum atomic E-state index is 13.1. The number of hydrogen-bond acceptors (Lipinski definition) is 5. The minimum absolute atomic E-state index is 0.275. The van der Waals surface area contributed by atoms with Crippen LogP contribution in [0.1, 0.15) is 37.8 Å². The van der Waals surface area contributed by atoms with Crippen LogP contribution in [-0.2, 0) is 9.53 Å². The van der Waals surface area contributed by atoms with Crippen molar-refractivity contribution in [2.75, 3.05) is 23.4 Å². The number of aliphatic carboxylic acids is 1. The molecule has 0 saturated carbocycles. The van der Waals surface area contributed by atoms with Gasteiger partial charge in [0.05, 0.1) is 23.4 Å². The Morgan fingerprint density at radius 3 is 2.43 bits per heavy atom. The number of benzene rings is 2. The second-order valence-electron chi connectivity index (χ2n) is 8.34. The molecule has 2 aromatic carbocycles. The van der Waals surface area contributed by atoms with Gasteiger partial charge in [-0.2, -0.15) is 5.26 Å². The molecule has 3 rings (SSSR count). The van der Waals surface area contributed by atoms with E-state index in [0.29, 0.717) is 16.8 Å². The monoisotopic (exact) mass is 407 g/mol. The molecule has 0 aromatic heterocycles. The lowest BCUT2D eigenvalue weighted by molar-refractivity contribution is -0.139. The largest absolute Gasteiger partial charge is 0.481 e. The van der Waals surface area contributed by atoms with Gasteiger partial charge in [-0.1, -0.05) is 24.3 Å². The molecule has 2 atom stereocenters. The molecule has 1 aliphatic rings. The third-order valence-corrected chi connectivity index (χ3v) is 4.98. The van der Waals surface area contributed by atoms with Crippen LogP contribution in [0.25, 0.3) is 0 Å². The molecule has 0 bridgehead atoms. The lowest BCUT2D eigenvalue weighted by atomic mass is 9.94. The van der Waals surface area contributed by atoms with E-state index in [2.05, 4.69) is 6.07 Å².